The summed E-state index contributed by atoms with van der Waals surface area (Å²) >= 11 is 0. The van der Waals surface area contributed by atoms with Gasteiger partial charge in [-0.15, -0.1) is 0 Å². The second-order valence-electron chi connectivity index (χ2n) is 5.15. The number of pyridine rings is 2. The number of hydrogen-bond donors (Lipinski definition) is 2. The number of nitrogens with zero attached hydrogens (tertiary/aromatic N) is 5. The van der Waals surface area contributed by atoms with Crippen LogP contribution in [0, 0.1) is 0 Å². The minimum atomic E-state index is 0.424. The Bertz CT molecular complexity index is 802. The first-order valence-electron chi connectivity index (χ1n) is 7.93. The second kappa shape index (κ2) is 8.53. The van der Waals surface area contributed by atoms with Gasteiger partial charge in [-0.3, -0.25) is 15.0 Å². The normalized spacial score (nSPS) is 11.3. The van der Waals surface area contributed by atoms with E-state index in [0.29, 0.717) is 42.9 Å². The van der Waals surface area contributed by atoms with Crippen LogP contribution in [0.3, 0.4) is 0 Å². The zero-order valence-electron chi connectivity index (χ0n) is 13.9. The first-order chi connectivity index (χ1) is 12.3. The third kappa shape index (κ3) is 4.84. The van der Waals surface area contributed by atoms with Crippen LogP contribution in [0.15, 0.2) is 58.3 Å². The number of hydrogen-bond acceptors (Lipinski definition) is 6. The molecule has 8 heteroatoms. The molecule has 25 heavy (non-hydrogen) atoms. The number of nitrogens with one attached hydrogen (secondary N) is 2. The summed E-state index contributed by atoms with van der Waals surface area (Å²) < 4.78 is 5.23. The van der Waals surface area contributed by atoms with E-state index < -0.39 is 0 Å². The quantitative estimate of drug-likeness (QED) is 0.518. The van der Waals surface area contributed by atoms with Crippen LogP contribution in [0.5, 0.6) is 0 Å². The minimum absolute atomic E-state index is 0.424. The van der Waals surface area contributed by atoms with Gasteiger partial charge in [0.05, 0.1) is 12.2 Å². The van der Waals surface area contributed by atoms with E-state index in [1.807, 2.05) is 36.4 Å². The topological polar surface area (TPSA) is 101 Å². The predicted octanol–water partition coefficient (Wildman–Crippen LogP) is 1.43. The molecule has 3 aromatic rings. The molecule has 0 fully saturated rings. The molecule has 0 bridgehead atoms. The van der Waals surface area contributed by atoms with E-state index >= 15 is 0 Å². The van der Waals surface area contributed by atoms with Gasteiger partial charge in [0, 0.05) is 32.4 Å². The number of aromatic nitrogens is 4. The third-order valence-corrected chi connectivity index (χ3v) is 3.38. The standard InChI is InChI=1S/C17H19N7O/c1-18-17(22-12-13-6-2-4-9-19-13)21-11-8-15-23-16(25-24-15)14-7-3-5-10-20-14/h2-7,9-10H,8,11-12H2,1H3,(H2,18,21,22). The van der Waals surface area contributed by atoms with Crippen molar-refractivity contribution >= 4 is 5.96 Å². The van der Waals surface area contributed by atoms with Gasteiger partial charge in [0.2, 0.25) is 0 Å². The third-order valence-electron chi connectivity index (χ3n) is 3.38. The Morgan fingerprint density at radius 2 is 1.92 bits per heavy atom. The highest BCUT2D eigenvalue weighted by Crippen LogP contribution is 2.12. The number of guanidine groups is 1. The highest BCUT2D eigenvalue weighted by atomic mass is 16.5. The highest BCUT2D eigenvalue weighted by molar-refractivity contribution is 5.79. The molecule has 2 N–H and O–H groups in total. The molecule has 0 unspecified atom stereocenters. The Balaban J connectivity index is 1.46. The lowest BCUT2D eigenvalue weighted by molar-refractivity contribution is 0.421. The van der Waals surface area contributed by atoms with Crippen molar-refractivity contribution in [3.8, 4) is 11.6 Å². The van der Waals surface area contributed by atoms with E-state index in [-0.39, 0.29) is 0 Å². The molecule has 3 heterocycles. The Kier molecular flexibility index (Phi) is 5.65. The summed E-state index contributed by atoms with van der Waals surface area (Å²) in [5, 5.41) is 10.4. The molecular weight excluding hydrogens is 318 g/mol. The Morgan fingerprint density at radius 1 is 1.08 bits per heavy atom. The molecule has 8 nitrogen and oxygen atoms in total. The summed E-state index contributed by atoms with van der Waals surface area (Å²) in [6.07, 6.45) is 4.07. The van der Waals surface area contributed by atoms with Crippen LogP contribution in [-0.4, -0.2) is 39.7 Å². The van der Waals surface area contributed by atoms with Crippen LogP contribution < -0.4 is 10.6 Å². The summed E-state index contributed by atoms with van der Waals surface area (Å²) in [5.41, 5.74) is 1.62. The van der Waals surface area contributed by atoms with Gasteiger partial charge >= 0.3 is 0 Å². The fourth-order valence-corrected chi connectivity index (χ4v) is 2.14. The minimum Gasteiger partial charge on any atom is -0.356 e. The van der Waals surface area contributed by atoms with Crippen LogP contribution in [0.2, 0.25) is 0 Å². The summed E-state index contributed by atoms with van der Waals surface area (Å²) in [5.74, 6) is 1.74. The van der Waals surface area contributed by atoms with Gasteiger partial charge in [-0.1, -0.05) is 17.3 Å². The molecule has 0 spiro atoms. The molecule has 0 amide bonds. The van der Waals surface area contributed by atoms with E-state index in [2.05, 4.69) is 35.7 Å². The smallest absolute Gasteiger partial charge is 0.276 e. The molecule has 3 rings (SSSR count). The maximum atomic E-state index is 5.23. The monoisotopic (exact) mass is 337 g/mol. The van der Waals surface area contributed by atoms with Crippen LogP contribution in [-0.2, 0) is 13.0 Å². The first-order valence-corrected chi connectivity index (χ1v) is 7.93. The van der Waals surface area contributed by atoms with Gasteiger partial charge in [0.15, 0.2) is 11.8 Å². The average molecular weight is 337 g/mol. The van der Waals surface area contributed by atoms with Crippen molar-refractivity contribution in [2.45, 2.75) is 13.0 Å². The maximum absolute atomic E-state index is 5.23. The van der Waals surface area contributed by atoms with Crippen molar-refractivity contribution in [1.82, 2.24) is 30.7 Å². The lowest BCUT2D eigenvalue weighted by Gasteiger charge is -2.10. The maximum Gasteiger partial charge on any atom is 0.276 e. The first kappa shape index (κ1) is 16.6. The van der Waals surface area contributed by atoms with Crippen molar-refractivity contribution in [3.63, 3.8) is 0 Å². The van der Waals surface area contributed by atoms with Crippen molar-refractivity contribution in [1.29, 1.82) is 0 Å². The van der Waals surface area contributed by atoms with Crippen molar-refractivity contribution in [2.75, 3.05) is 13.6 Å². The van der Waals surface area contributed by atoms with Crippen molar-refractivity contribution in [3.05, 3.63) is 60.3 Å². The molecule has 0 atom stereocenters. The van der Waals surface area contributed by atoms with E-state index in [1.54, 1.807) is 19.4 Å². The van der Waals surface area contributed by atoms with Crippen molar-refractivity contribution in [2.24, 2.45) is 4.99 Å². The number of aliphatic imine (C=N–C) groups is 1. The Morgan fingerprint density at radius 3 is 2.64 bits per heavy atom. The lowest BCUT2D eigenvalue weighted by atomic mass is 10.3. The van der Waals surface area contributed by atoms with Crippen LogP contribution in [0.4, 0.5) is 0 Å². The van der Waals surface area contributed by atoms with Crippen molar-refractivity contribution < 1.29 is 4.52 Å². The van der Waals surface area contributed by atoms with Gasteiger partial charge in [0.1, 0.15) is 5.69 Å². The lowest BCUT2D eigenvalue weighted by Crippen LogP contribution is -2.38. The second-order valence-corrected chi connectivity index (χ2v) is 5.15. The predicted molar refractivity (Wildman–Crippen MR) is 93.7 cm³/mol. The molecule has 0 aliphatic heterocycles. The fraction of sp³-hybridized carbons (Fsp3) is 0.235. The van der Waals surface area contributed by atoms with E-state index in [9.17, 15) is 0 Å². The summed E-state index contributed by atoms with van der Waals surface area (Å²) in [6.45, 7) is 1.23. The van der Waals surface area contributed by atoms with Gasteiger partial charge in [-0.05, 0) is 24.3 Å². The molecule has 0 aliphatic rings. The largest absolute Gasteiger partial charge is 0.356 e. The zero-order valence-corrected chi connectivity index (χ0v) is 13.9. The highest BCUT2D eigenvalue weighted by Gasteiger charge is 2.09. The Labute approximate surface area is 145 Å². The van der Waals surface area contributed by atoms with Crippen LogP contribution in [0.25, 0.3) is 11.6 Å². The summed E-state index contributed by atoms with van der Waals surface area (Å²) in [7, 11) is 1.72. The molecule has 0 aromatic carbocycles. The average Bonchev–Trinajstić information content (AvgIpc) is 3.15. The van der Waals surface area contributed by atoms with E-state index in [1.165, 1.54) is 0 Å². The molecular formula is C17H19N7O. The van der Waals surface area contributed by atoms with Gasteiger partial charge < -0.3 is 15.2 Å². The van der Waals surface area contributed by atoms with Crippen LogP contribution >= 0.6 is 0 Å². The van der Waals surface area contributed by atoms with E-state index in [4.69, 9.17) is 4.52 Å². The van der Waals surface area contributed by atoms with Gasteiger partial charge in [-0.2, -0.15) is 4.98 Å². The molecule has 0 saturated heterocycles. The zero-order chi connectivity index (χ0) is 17.3. The molecule has 128 valence electrons. The van der Waals surface area contributed by atoms with Gasteiger partial charge in [-0.25, -0.2) is 0 Å². The fourth-order valence-electron chi connectivity index (χ4n) is 2.14. The SMILES string of the molecule is CN=C(NCCc1noc(-c2ccccn2)n1)NCc1ccccn1. The number of rotatable bonds is 6. The molecule has 3 aromatic heterocycles. The van der Waals surface area contributed by atoms with Crippen LogP contribution in [0.1, 0.15) is 11.5 Å². The summed E-state index contributed by atoms with van der Waals surface area (Å²) in [6, 6.07) is 11.4. The van der Waals surface area contributed by atoms with Gasteiger partial charge in [0.25, 0.3) is 5.89 Å². The van der Waals surface area contributed by atoms with E-state index in [0.717, 1.165) is 5.69 Å². The molecule has 0 aliphatic carbocycles. The Hall–Kier alpha value is -3.29. The summed E-state index contributed by atoms with van der Waals surface area (Å²) in [4.78, 5) is 17.0. The molecule has 0 saturated carbocycles. The molecule has 0 radical (unpaired) electrons.